The highest BCUT2D eigenvalue weighted by Crippen LogP contribution is 2.13. The van der Waals surface area contributed by atoms with E-state index in [1.807, 2.05) is 0 Å². The van der Waals surface area contributed by atoms with Crippen LogP contribution in [0.3, 0.4) is 0 Å². The monoisotopic (exact) mass is 274 g/mol. The first-order valence-electron chi connectivity index (χ1n) is 5.22. The van der Waals surface area contributed by atoms with E-state index in [2.05, 4.69) is 5.32 Å². The summed E-state index contributed by atoms with van der Waals surface area (Å²) in [6.45, 7) is 1.57. The predicted molar refractivity (Wildman–Crippen MR) is 67.5 cm³/mol. The van der Waals surface area contributed by atoms with Crippen LogP contribution in [0.4, 0.5) is 10.1 Å². The maximum atomic E-state index is 12.8. The first-order valence-corrected chi connectivity index (χ1v) is 7.28. The molecule has 0 aromatic heterocycles. The Hall–Kier alpha value is -1.63. The molecule has 1 atom stereocenters. The van der Waals surface area contributed by atoms with E-state index in [4.69, 9.17) is 5.73 Å². The van der Waals surface area contributed by atoms with E-state index < -0.39 is 27.6 Å². The Morgan fingerprint density at radius 2 is 2.11 bits per heavy atom. The average Bonchev–Trinajstić information content (AvgIpc) is 2.13. The number of rotatable bonds is 4. The van der Waals surface area contributed by atoms with Crippen LogP contribution < -0.4 is 11.1 Å². The molecular weight excluding hydrogens is 259 g/mol. The summed E-state index contributed by atoms with van der Waals surface area (Å²) in [4.78, 5) is 11.8. The molecule has 1 aromatic carbocycles. The zero-order valence-electron chi connectivity index (χ0n) is 10.1. The fourth-order valence-electron chi connectivity index (χ4n) is 1.54. The standard InChI is InChI=1S/C11H15FN2O3S/c1-7(6-18(2,16)17)14-11(15)9-4-3-8(12)5-10(9)13/h3-5,7H,6,13H2,1-2H3,(H,14,15). The molecule has 0 aliphatic heterocycles. The number of sulfone groups is 1. The molecule has 7 heteroatoms. The van der Waals surface area contributed by atoms with Gasteiger partial charge in [-0.2, -0.15) is 0 Å². The third-order valence-corrected chi connectivity index (χ3v) is 3.29. The fourth-order valence-corrected chi connectivity index (χ4v) is 2.53. The maximum absolute atomic E-state index is 12.8. The van der Waals surface area contributed by atoms with Crippen LogP contribution in [-0.2, 0) is 9.84 Å². The molecule has 0 bridgehead atoms. The lowest BCUT2D eigenvalue weighted by molar-refractivity contribution is 0.0944. The lowest BCUT2D eigenvalue weighted by atomic mass is 10.1. The summed E-state index contributed by atoms with van der Waals surface area (Å²) in [5.41, 5.74) is 5.64. The molecule has 5 nitrogen and oxygen atoms in total. The molecule has 0 heterocycles. The summed E-state index contributed by atoms with van der Waals surface area (Å²) in [5, 5.41) is 2.49. The van der Waals surface area contributed by atoms with Gasteiger partial charge in [0.1, 0.15) is 15.7 Å². The first-order chi connectivity index (χ1) is 8.19. The van der Waals surface area contributed by atoms with Crippen LogP contribution in [0.15, 0.2) is 18.2 Å². The lowest BCUT2D eigenvalue weighted by Crippen LogP contribution is -2.37. The molecule has 0 radical (unpaired) electrons. The van der Waals surface area contributed by atoms with Gasteiger partial charge < -0.3 is 11.1 Å². The number of hydrogen-bond acceptors (Lipinski definition) is 4. The Balaban J connectivity index is 2.77. The van der Waals surface area contributed by atoms with Crippen LogP contribution in [0.1, 0.15) is 17.3 Å². The topological polar surface area (TPSA) is 89.3 Å². The minimum absolute atomic E-state index is 0.0130. The van der Waals surface area contributed by atoms with Gasteiger partial charge in [-0.05, 0) is 25.1 Å². The van der Waals surface area contributed by atoms with Gasteiger partial charge in [-0.25, -0.2) is 12.8 Å². The van der Waals surface area contributed by atoms with Gasteiger partial charge in [-0.1, -0.05) is 0 Å². The van der Waals surface area contributed by atoms with Crippen molar-refractivity contribution >= 4 is 21.4 Å². The second-order valence-corrected chi connectivity index (χ2v) is 6.38. The second-order valence-electron chi connectivity index (χ2n) is 4.20. The molecule has 0 spiro atoms. The number of amides is 1. The molecule has 0 fully saturated rings. The molecule has 0 aliphatic carbocycles. The van der Waals surface area contributed by atoms with Crippen LogP contribution in [-0.4, -0.2) is 32.4 Å². The quantitative estimate of drug-likeness (QED) is 0.786. The third-order valence-electron chi connectivity index (χ3n) is 2.19. The van der Waals surface area contributed by atoms with Crippen LogP contribution in [0, 0.1) is 5.82 Å². The van der Waals surface area contributed by atoms with Crippen molar-refractivity contribution in [1.82, 2.24) is 5.32 Å². The third kappa shape index (κ3) is 4.33. The molecule has 1 rings (SSSR count). The highest BCUT2D eigenvalue weighted by Gasteiger charge is 2.16. The van der Waals surface area contributed by atoms with E-state index in [-0.39, 0.29) is 17.0 Å². The smallest absolute Gasteiger partial charge is 0.253 e. The fraction of sp³-hybridized carbons (Fsp3) is 0.364. The predicted octanol–water partition coefficient (Wildman–Crippen LogP) is 0.571. The van der Waals surface area contributed by atoms with Crippen molar-refractivity contribution in [3.63, 3.8) is 0 Å². The molecule has 1 aromatic rings. The number of nitrogens with one attached hydrogen (secondary N) is 1. The average molecular weight is 274 g/mol. The van der Waals surface area contributed by atoms with E-state index in [0.717, 1.165) is 18.4 Å². The molecule has 1 amide bonds. The normalized spacial score (nSPS) is 13.1. The van der Waals surface area contributed by atoms with Crippen molar-refractivity contribution in [3.8, 4) is 0 Å². The van der Waals surface area contributed by atoms with E-state index >= 15 is 0 Å². The highest BCUT2D eigenvalue weighted by atomic mass is 32.2. The number of hydrogen-bond donors (Lipinski definition) is 2. The van der Waals surface area contributed by atoms with Crippen molar-refractivity contribution in [1.29, 1.82) is 0 Å². The summed E-state index contributed by atoms with van der Waals surface area (Å²) >= 11 is 0. The number of carbonyl (C=O) groups excluding carboxylic acids is 1. The van der Waals surface area contributed by atoms with Gasteiger partial charge in [0.25, 0.3) is 5.91 Å². The van der Waals surface area contributed by atoms with Crippen molar-refractivity contribution in [3.05, 3.63) is 29.6 Å². The van der Waals surface area contributed by atoms with Gasteiger partial charge in [-0.3, -0.25) is 4.79 Å². The van der Waals surface area contributed by atoms with Crippen molar-refractivity contribution in [2.75, 3.05) is 17.7 Å². The van der Waals surface area contributed by atoms with E-state index in [0.29, 0.717) is 0 Å². The number of anilines is 1. The Labute approximate surface area is 105 Å². The van der Waals surface area contributed by atoms with Gasteiger partial charge in [0, 0.05) is 18.0 Å². The zero-order valence-corrected chi connectivity index (χ0v) is 10.9. The first kappa shape index (κ1) is 14.4. The molecule has 3 N–H and O–H groups in total. The van der Waals surface area contributed by atoms with Gasteiger partial charge >= 0.3 is 0 Å². The van der Waals surface area contributed by atoms with Crippen molar-refractivity contribution < 1.29 is 17.6 Å². The Bertz CT molecular complexity index is 557. The van der Waals surface area contributed by atoms with Gasteiger partial charge in [-0.15, -0.1) is 0 Å². The van der Waals surface area contributed by atoms with Crippen LogP contribution >= 0.6 is 0 Å². The Kier molecular flexibility index (Phi) is 4.28. The van der Waals surface area contributed by atoms with Crippen molar-refractivity contribution in [2.45, 2.75) is 13.0 Å². The van der Waals surface area contributed by atoms with Crippen LogP contribution in [0.25, 0.3) is 0 Å². The highest BCUT2D eigenvalue weighted by molar-refractivity contribution is 7.90. The SMILES string of the molecule is CC(CS(C)(=O)=O)NC(=O)c1ccc(F)cc1N. The minimum Gasteiger partial charge on any atom is -0.398 e. The number of nitrogens with two attached hydrogens (primary N) is 1. The van der Waals surface area contributed by atoms with E-state index in [9.17, 15) is 17.6 Å². The molecule has 0 aliphatic rings. The van der Waals surface area contributed by atoms with E-state index in [1.54, 1.807) is 6.92 Å². The summed E-state index contributed by atoms with van der Waals surface area (Å²) in [5.74, 6) is -1.23. The number of halogens is 1. The molecule has 1 unspecified atom stereocenters. The molecular formula is C11H15FN2O3S. The van der Waals surface area contributed by atoms with Gasteiger partial charge in [0.05, 0.1) is 11.3 Å². The number of benzene rings is 1. The maximum Gasteiger partial charge on any atom is 0.253 e. The second kappa shape index (κ2) is 5.34. The van der Waals surface area contributed by atoms with Crippen molar-refractivity contribution in [2.24, 2.45) is 0 Å². The lowest BCUT2D eigenvalue weighted by Gasteiger charge is -2.13. The molecule has 100 valence electrons. The summed E-state index contributed by atoms with van der Waals surface area (Å²) in [7, 11) is -3.17. The summed E-state index contributed by atoms with van der Waals surface area (Å²) in [6.07, 6.45) is 1.09. The molecule has 0 saturated heterocycles. The van der Waals surface area contributed by atoms with E-state index in [1.165, 1.54) is 6.07 Å². The van der Waals surface area contributed by atoms with Gasteiger partial charge in [0.15, 0.2) is 0 Å². The Morgan fingerprint density at radius 3 is 2.61 bits per heavy atom. The number of carbonyl (C=O) groups is 1. The molecule has 0 saturated carbocycles. The zero-order chi connectivity index (χ0) is 13.9. The summed E-state index contributed by atoms with van der Waals surface area (Å²) < 4.78 is 34.9. The molecule has 18 heavy (non-hydrogen) atoms. The van der Waals surface area contributed by atoms with Crippen LogP contribution in [0.2, 0.25) is 0 Å². The Morgan fingerprint density at radius 1 is 1.50 bits per heavy atom. The summed E-state index contributed by atoms with van der Waals surface area (Å²) in [6, 6.07) is 2.87. The van der Waals surface area contributed by atoms with Crippen LogP contribution in [0.5, 0.6) is 0 Å². The largest absolute Gasteiger partial charge is 0.398 e. The van der Waals surface area contributed by atoms with Gasteiger partial charge in [0.2, 0.25) is 0 Å². The number of nitrogen functional groups attached to an aromatic ring is 1. The minimum atomic E-state index is -3.17.